The molecule has 1 fully saturated rings. The molecule has 5 rings (SSSR count). The van der Waals surface area contributed by atoms with E-state index >= 15 is 0 Å². The zero-order chi connectivity index (χ0) is 17.3. The minimum atomic E-state index is 0.486. The van der Waals surface area contributed by atoms with Crippen LogP contribution in [0.3, 0.4) is 0 Å². The molecular weight excluding hydrogens is 364 g/mol. The van der Waals surface area contributed by atoms with Crippen molar-refractivity contribution in [3.63, 3.8) is 0 Å². The predicted octanol–water partition coefficient (Wildman–Crippen LogP) is 4.79. The maximum Gasteiger partial charge on any atom is 0.241 e. The Kier molecular flexibility index (Phi) is 4.28. The number of nitrogens with zero attached hydrogens (tertiary/aromatic N) is 4. The normalized spacial score (nSPS) is 18.5. The van der Waals surface area contributed by atoms with Crippen LogP contribution in [0.2, 0.25) is 0 Å². The van der Waals surface area contributed by atoms with Gasteiger partial charge in [-0.25, -0.2) is 4.98 Å². The van der Waals surface area contributed by atoms with Gasteiger partial charge in [-0.05, 0) is 43.0 Å². The molecule has 1 aliphatic rings. The summed E-state index contributed by atoms with van der Waals surface area (Å²) in [6.07, 6.45) is 2.37. The van der Waals surface area contributed by atoms with E-state index in [2.05, 4.69) is 39.3 Å². The Labute approximate surface area is 159 Å². The number of aromatic nitrogens is 3. The molecule has 3 aromatic heterocycles. The van der Waals surface area contributed by atoms with E-state index in [1.54, 1.807) is 11.3 Å². The largest absolute Gasteiger partial charge is 0.338 e. The van der Waals surface area contributed by atoms with Crippen molar-refractivity contribution in [2.75, 3.05) is 13.1 Å². The summed E-state index contributed by atoms with van der Waals surface area (Å²) in [4.78, 5) is 11.8. The second kappa shape index (κ2) is 6.90. The fourth-order valence-corrected chi connectivity index (χ4v) is 5.21. The third-order valence-corrected chi connectivity index (χ3v) is 6.65. The van der Waals surface area contributed by atoms with Crippen LogP contribution in [0, 0.1) is 0 Å². The summed E-state index contributed by atoms with van der Waals surface area (Å²) in [5, 5.41) is 9.43. The van der Waals surface area contributed by atoms with Gasteiger partial charge in [0.05, 0.1) is 21.8 Å². The van der Waals surface area contributed by atoms with Crippen LogP contribution >= 0.6 is 22.7 Å². The Morgan fingerprint density at radius 2 is 2.15 bits per heavy atom. The number of benzene rings is 1. The summed E-state index contributed by atoms with van der Waals surface area (Å²) in [6.45, 7) is 2.77. The van der Waals surface area contributed by atoms with Crippen LogP contribution in [-0.2, 0) is 6.54 Å². The zero-order valence-corrected chi connectivity index (χ0v) is 15.8. The standard InChI is InChI=1S/C19H18N4OS2/c1-2-6-16-15(5-1)20-19(26-16)13-4-3-8-23(10-13)11-17-21-18(22-24-17)14-7-9-25-12-14/h1-2,5-7,9,12-13H,3-4,8,10-11H2/t13-/m1/s1. The molecule has 26 heavy (non-hydrogen) atoms. The van der Waals surface area contributed by atoms with E-state index in [1.165, 1.54) is 22.5 Å². The highest BCUT2D eigenvalue weighted by atomic mass is 32.1. The van der Waals surface area contributed by atoms with Gasteiger partial charge in [0.15, 0.2) is 0 Å². The van der Waals surface area contributed by atoms with E-state index in [0.717, 1.165) is 24.2 Å². The predicted molar refractivity (Wildman–Crippen MR) is 104 cm³/mol. The molecule has 0 aliphatic carbocycles. The average molecular weight is 383 g/mol. The van der Waals surface area contributed by atoms with Gasteiger partial charge in [-0.1, -0.05) is 17.3 Å². The van der Waals surface area contributed by atoms with Gasteiger partial charge in [-0.15, -0.1) is 11.3 Å². The Morgan fingerprint density at radius 1 is 1.19 bits per heavy atom. The quantitative estimate of drug-likeness (QED) is 0.508. The van der Waals surface area contributed by atoms with Crippen molar-refractivity contribution >= 4 is 32.9 Å². The van der Waals surface area contributed by atoms with Crippen molar-refractivity contribution in [1.82, 2.24) is 20.0 Å². The molecule has 0 N–H and O–H groups in total. The summed E-state index contributed by atoms with van der Waals surface area (Å²) in [5.41, 5.74) is 2.14. The van der Waals surface area contributed by atoms with E-state index in [-0.39, 0.29) is 0 Å². The number of hydrogen-bond acceptors (Lipinski definition) is 7. The second-order valence-corrected chi connectivity index (χ2v) is 8.46. The van der Waals surface area contributed by atoms with Crippen molar-refractivity contribution in [3.8, 4) is 11.4 Å². The smallest absolute Gasteiger partial charge is 0.241 e. The molecule has 0 spiro atoms. The lowest BCUT2D eigenvalue weighted by Gasteiger charge is -2.30. The summed E-state index contributed by atoms with van der Waals surface area (Å²) < 4.78 is 6.74. The minimum absolute atomic E-state index is 0.486. The number of rotatable bonds is 4. The van der Waals surface area contributed by atoms with Gasteiger partial charge >= 0.3 is 0 Å². The van der Waals surface area contributed by atoms with Crippen molar-refractivity contribution in [1.29, 1.82) is 0 Å². The zero-order valence-electron chi connectivity index (χ0n) is 14.2. The van der Waals surface area contributed by atoms with E-state index in [9.17, 15) is 0 Å². The van der Waals surface area contributed by atoms with Crippen LogP contribution in [0.15, 0.2) is 45.6 Å². The Balaban J connectivity index is 1.30. The lowest BCUT2D eigenvalue weighted by atomic mass is 9.99. The number of thiazole rings is 1. The topological polar surface area (TPSA) is 55.1 Å². The maximum absolute atomic E-state index is 5.47. The van der Waals surface area contributed by atoms with Crippen LogP contribution in [0.5, 0.6) is 0 Å². The molecule has 5 nitrogen and oxygen atoms in total. The van der Waals surface area contributed by atoms with Gasteiger partial charge < -0.3 is 4.52 Å². The molecule has 132 valence electrons. The molecule has 1 atom stereocenters. The fraction of sp³-hybridized carbons (Fsp3) is 0.316. The van der Waals surface area contributed by atoms with E-state index in [1.807, 2.05) is 28.2 Å². The number of likely N-dealkylation sites (tertiary alicyclic amines) is 1. The third-order valence-electron chi connectivity index (χ3n) is 4.77. The number of fused-ring (bicyclic) bond motifs is 1. The van der Waals surface area contributed by atoms with Crippen LogP contribution in [0.25, 0.3) is 21.6 Å². The molecule has 7 heteroatoms. The number of hydrogen-bond donors (Lipinski definition) is 0. The van der Waals surface area contributed by atoms with Crippen molar-refractivity contribution in [3.05, 3.63) is 52.0 Å². The molecule has 0 bridgehead atoms. The van der Waals surface area contributed by atoms with Gasteiger partial charge in [0.25, 0.3) is 0 Å². The first-order valence-electron chi connectivity index (χ1n) is 8.78. The molecule has 0 saturated carbocycles. The van der Waals surface area contributed by atoms with Gasteiger partial charge in [0, 0.05) is 23.4 Å². The highest BCUT2D eigenvalue weighted by molar-refractivity contribution is 7.18. The van der Waals surface area contributed by atoms with Crippen LogP contribution < -0.4 is 0 Å². The first-order chi connectivity index (χ1) is 12.8. The molecule has 1 saturated heterocycles. The lowest BCUT2D eigenvalue weighted by molar-refractivity contribution is 0.177. The Bertz CT molecular complexity index is 975. The highest BCUT2D eigenvalue weighted by Crippen LogP contribution is 2.33. The van der Waals surface area contributed by atoms with E-state index in [0.29, 0.717) is 24.2 Å². The third kappa shape index (κ3) is 3.18. The van der Waals surface area contributed by atoms with Crippen molar-refractivity contribution < 1.29 is 4.52 Å². The average Bonchev–Trinajstić information content (AvgIpc) is 3.41. The summed E-state index contributed by atoms with van der Waals surface area (Å²) >= 11 is 3.47. The number of para-hydroxylation sites is 1. The van der Waals surface area contributed by atoms with Crippen LogP contribution in [0.4, 0.5) is 0 Å². The Hall–Kier alpha value is -2.09. The molecule has 0 radical (unpaired) electrons. The van der Waals surface area contributed by atoms with E-state index in [4.69, 9.17) is 9.51 Å². The number of piperidine rings is 1. The molecule has 4 aromatic rings. The maximum atomic E-state index is 5.47. The monoisotopic (exact) mass is 382 g/mol. The molecule has 0 amide bonds. The van der Waals surface area contributed by atoms with Gasteiger partial charge in [0.2, 0.25) is 11.7 Å². The van der Waals surface area contributed by atoms with Crippen molar-refractivity contribution in [2.24, 2.45) is 0 Å². The van der Waals surface area contributed by atoms with Crippen LogP contribution in [0.1, 0.15) is 29.7 Å². The minimum Gasteiger partial charge on any atom is -0.338 e. The lowest BCUT2D eigenvalue weighted by Crippen LogP contribution is -2.33. The van der Waals surface area contributed by atoms with Crippen LogP contribution in [-0.4, -0.2) is 33.1 Å². The molecular formula is C19H18N4OS2. The van der Waals surface area contributed by atoms with Gasteiger partial charge in [-0.3, -0.25) is 4.90 Å². The second-order valence-electron chi connectivity index (χ2n) is 6.62. The number of thiophene rings is 1. The fourth-order valence-electron chi connectivity index (χ4n) is 3.48. The first-order valence-corrected chi connectivity index (χ1v) is 10.5. The first kappa shape index (κ1) is 16.1. The van der Waals surface area contributed by atoms with Gasteiger partial charge in [-0.2, -0.15) is 16.3 Å². The SMILES string of the molecule is c1ccc2sc([C@@H]3CCCN(Cc4nc(-c5ccsc5)no4)C3)nc2c1. The van der Waals surface area contributed by atoms with E-state index < -0.39 is 0 Å². The highest BCUT2D eigenvalue weighted by Gasteiger charge is 2.25. The summed E-state index contributed by atoms with van der Waals surface area (Å²) in [5.74, 6) is 1.86. The summed E-state index contributed by atoms with van der Waals surface area (Å²) in [6, 6.07) is 10.4. The molecule has 1 aliphatic heterocycles. The van der Waals surface area contributed by atoms with Gasteiger partial charge in [0.1, 0.15) is 0 Å². The summed E-state index contributed by atoms with van der Waals surface area (Å²) in [7, 11) is 0. The molecule has 1 aromatic carbocycles. The molecule has 4 heterocycles. The molecule has 0 unspecified atom stereocenters. The van der Waals surface area contributed by atoms with Crippen molar-refractivity contribution in [2.45, 2.75) is 25.3 Å². The Morgan fingerprint density at radius 3 is 3.04 bits per heavy atom.